The van der Waals surface area contributed by atoms with Gasteiger partial charge >= 0.3 is 0 Å². The lowest BCUT2D eigenvalue weighted by Crippen LogP contribution is -2.30. The normalized spacial score (nSPS) is 11.8. The quantitative estimate of drug-likeness (QED) is 0.218. The van der Waals surface area contributed by atoms with Gasteiger partial charge in [-0.25, -0.2) is 4.98 Å². The summed E-state index contributed by atoms with van der Waals surface area (Å²) >= 11 is 0. The van der Waals surface area contributed by atoms with Crippen molar-refractivity contribution in [1.82, 2.24) is 14.9 Å². The first kappa shape index (κ1) is 28.7. The van der Waals surface area contributed by atoms with Crippen LogP contribution in [0.1, 0.15) is 91.0 Å². The van der Waals surface area contributed by atoms with Crippen molar-refractivity contribution in [3.05, 3.63) is 59.9 Å². The maximum absolute atomic E-state index is 12.1. The molecule has 0 aliphatic heterocycles. The second-order valence-corrected chi connectivity index (χ2v) is 11.1. The highest BCUT2D eigenvalue weighted by atomic mass is 16.5. The Labute approximate surface area is 224 Å². The van der Waals surface area contributed by atoms with Crippen LogP contribution in [-0.2, 0) is 23.2 Å². The van der Waals surface area contributed by atoms with E-state index in [2.05, 4.69) is 93.0 Å². The van der Waals surface area contributed by atoms with Gasteiger partial charge in [0.1, 0.15) is 11.6 Å². The number of imidazole rings is 1. The second-order valence-electron chi connectivity index (χ2n) is 11.1. The lowest BCUT2D eigenvalue weighted by Gasteiger charge is -2.19. The molecule has 3 rings (SSSR count). The van der Waals surface area contributed by atoms with Gasteiger partial charge in [0.2, 0.25) is 5.91 Å². The SMILES string of the molecule is CCC(CC)C(=O)NCCCCCc1nc2ccccc2n1CCCCOc1ccc(C(C)(C)C)cc1. The van der Waals surface area contributed by atoms with Gasteiger partial charge in [-0.1, -0.05) is 65.3 Å². The van der Waals surface area contributed by atoms with E-state index in [1.54, 1.807) is 0 Å². The van der Waals surface area contributed by atoms with Crippen LogP contribution in [0.15, 0.2) is 48.5 Å². The Kier molecular flexibility index (Phi) is 11.0. The van der Waals surface area contributed by atoms with Crippen LogP contribution in [-0.4, -0.2) is 28.6 Å². The lowest BCUT2D eigenvalue weighted by atomic mass is 9.87. The topological polar surface area (TPSA) is 56.2 Å². The summed E-state index contributed by atoms with van der Waals surface area (Å²) in [6, 6.07) is 16.9. The van der Waals surface area contributed by atoms with Gasteiger partial charge in [-0.2, -0.15) is 0 Å². The number of hydrogen-bond donors (Lipinski definition) is 1. The van der Waals surface area contributed by atoms with Gasteiger partial charge in [-0.3, -0.25) is 4.79 Å². The summed E-state index contributed by atoms with van der Waals surface area (Å²) in [5, 5.41) is 3.11. The molecule has 0 bridgehead atoms. The summed E-state index contributed by atoms with van der Waals surface area (Å²) < 4.78 is 8.40. The van der Waals surface area contributed by atoms with E-state index in [1.807, 2.05) is 0 Å². The largest absolute Gasteiger partial charge is 0.494 e. The number of amides is 1. The van der Waals surface area contributed by atoms with E-state index in [9.17, 15) is 4.79 Å². The van der Waals surface area contributed by atoms with Gasteiger partial charge in [0, 0.05) is 25.4 Å². The molecule has 3 aromatic rings. The fraction of sp³-hybridized carbons (Fsp3) is 0.562. The zero-order valence-corrected chi connectivity index (χ0v) is 23.7. The Hall–Kier alpha value is -2.82. The minimum absolute atomic E-state index is 0.152. The van der Waals surface area contributed by atoms with Gasteiger partial charge in [0.15, 0.2) is 0 Å². The molecule has 0 fully saturated rings. The van der Waals surface area contributed by atoms with Crippen molar-refractivity contribution in [2.45, 2.75) is 97.9 Å². The number of carbonyl (C=O) groups excluding carboxylic acids is 1. The van der Waals surface area contributed by atoms with Crippen LogP contribution in [0.3, 0.4) is 0 Å². The van der Waals surface area contributed by atoms with E-state index in [-0.39, 0.29) is 17.2 Å². The van der Waals surface area contributed by atoms with E-state index in [0.29, 0.717) is 0 Å². The van der Waals surface area contributed by atoms with Crippen molar-refractivity contribution in [2.24, 2.45) is 5.92 Å². The third-order valence-corrected chi connectivity index (χ3v) is 7.23. The Balaban J connectivity index is 1.44. The molecule has 202 valence electrons. The first-order chi connectivity index (χ1) is 17.8. The molecule has 0 atom stereocenters. The Morgan fingerprint density at radius 1 is 0.946 bits per heavy atom. The molecule has 1 amide bonds. The van der Waals surface area contributed by atoms with E-state index in [1.165, 1.54) is 16.9 Å². The van der Waals surface area contributed by atoms with Crippen LogP contribution in [0, 0.1) is 5.92 Å². The van der Waals surface area contributed by atoms with Crippen molar-refractivity contribution in [3.8, 4) is 5.75 Å². The third-order valence-electron chi connectivity index (χ3n) is 7.23. The maximum atomic E-state index is 12.1. The number of nitrogens with zero attached hydrogens (tertiary/aromatic N) is 2. The van der Waals surface area contributed by atoms with E-state index in [0.717, 1.165) is 82.3 Å². The minimum atomic E-state index is 0.152. The molecule has 0 aliphatic carbocycles. The first-order valence-corrected chi connectivity index (χ1v) is 14.3. The van der Waals surface area contributed by atoms with Gasteiger partial charge < -0.3 is 14.6 Å². The van der Waals surface area contributed by atoms with Crippen LogP contribution in [0.5, 0.6) is 5.75 Å². The van der Waals surface area contributed by atoms with Gasteiger partial charge in [0.25, 0.3) is 0 Å². The third kappa shape index (κ3) is 8.62. The summed E-state index contributed by atoms with van der Waals surface area (Å²) in [5.41, 5.74) is 3.77. The average Bonchev–Trinajstić information content (AvgIpc) is 3.23. The second kappa shape index (κ2) is 14.2. The molecule has 1 N–H and O–H groups in total. The molecule has 5 nitrogen and oxygen atoms in total. The van der Waals surface area contributed by atoms with E-state index in [4.69, 9.17) is 9.72 Å². The Morgan fingerprint density at radius 2 is 1.68 bits per heavy atom. The molecule has 1 heterocycles. The molecule has 37 heavy (non-hydrogen) atoms. The number of fused-ring (bicyclic) bond motifs is 1. The standard InChI is InChI=1S/C32H47N3O2/c1-6-25(7-2)31(36)33-22-12-8-9-17-30-34-28-15-10-11-16-29(28)35(30)23-13-14-24-37-27-20-18-26(19-21-27)32(3,4)5/h10-11,15-16,18-21,25H,6-9,12-14,17,22-24H2,1-5H3,(H,33,36). The first-order valence-electron chi connectivity index (χ1n) is 14.3. The van der Waals surface area contributed by atoms with E-state index < -0.39 is 0 Å². The van der Waals surface area contributed by atoms with Crippen LogP contribution in [0.4, 0.5) is 0 Å². The zero-order chi connectivity index (χ0) is 26.7. The van der Waals surface area contributed by atoms with Crippen molar-refractivity contribution in [2.75, 3.05) is 13.2 Å². The monoisotopic (exact) mass is 505 g/mol. The van der Waals surface area contributed by atoms with Crippen molar-refractivity contribution >= 4 is 16.9 Å². The highest BCUT2D eigenvalue weighted by Gasteiger charge is 2.14. The van der Waals surface area contributed by atoms with Crippen LogP contribution < -0.4 is 10.1 Å². The fourth-order valence-corrected chi connectivity index (χ4v) is 4.78. The number of ether oxygens (including phenoxy) is 1. The summed E-state index contributed by atoms with van der Waals surface area (Å²) in [6.07, 6.45) is 8.03. The molecule has 0 spiro atoms. The molecule has 1 aromatic heterocycles. The molecule has 5 heteroatoms. The smallest absolute Gasteiger partial charge is 0.223 e. The van der Waals surface area contributed by atoms with Crippen molar-refractivity contribution in [1.29, 1.82) is 0 Å². The molecule has 2 aromatic carbocycles. The van der Waals surface area contributed by atoms with Crippen LogP contribution in [0.25, 0.3) is 11.0 Å². The molecular formula is C32H47N3O2. The molecular weight excluding hydrogens is 458 g/mol. The minimum Gasteiger partial charge on any atom is -0.494 e. The van der Waals surface area contributed by atoms with Crippen molar-refractivity contribution in [3.63, 3.8) is 0 Å². The number of para-hydroxylation sites is 2. The number of rotatable bonds is 15. The number of hydrogen-bond acceptors (Lipinski definition) is 3. The maximum Gasteiger partial charge on any atom is 0.223 e. The predicted octanol–water partition coefficient (Wildman–Crippen LogP) is 7.46. The van der Waals surface area contributed by atoms with Gasteiger partial charge in [-0.15, -0.1) is 0 Å². The van der Waals surface area contributed by atoms with Gasteiger partial charge in [0.05, 0.1) is 17.6 Å². The fourth-order valence-electron chi connectivity index (χ4n) is 4.78. The molecule has 0 saturated heterocycles. The molecule has 0 aliphatic rings. The summed E-state index contributed by atoms with van der Waals surface area (Å²) in [7, 11) is 0. The van der Waals surface area contributed by atoms with Gasteiger partial charge in [-0.05, 0) is 73.8 Å². The molecule has 0 radical (unpaired) electrons. The average molecular weight is 506 g/mol. The Bertz CT molecular complexity index is 1090. The molecule has 0 unspecified atom stereocenters. The zero-order valence-electron chi connectivity index (χ0n) is 23.7. The van der Waals surface area contributed by atoms with Crippen molar-refractivity contribution < 1.29 is 9.53 Å². The number of aromatic nitrogens is 2. The van der Waals surface area contributed by atoms with E-state index >= 15 is 0 Å². The number of carbonyl (C=O) groups is 1. The summed E-state index contributed by atoms with van der Waals surface area (Å²) in [5.74, 6) is 2.47. The number of nitrogens with one attached hydrogen (secondary N) is 1. The molecule has 0 saturated carbocycles. The highest BCUT2D eigenvalue weighted by molar-refractivity contribution is 5.78. The Morgan fingerprint density at radius 3 is 2.38 bits per heavy atom. The predicted molar refractivity (Wildman–Crippen MR) is 154 cm³/mol. The summed E-state index contributed by atoms with van der Waals surface area (Å²) in [4.78, 5) is 17.1. The highest BCUT2D eigenvalue weighted by Crippen LogP contribution is 2.24. The number of benzene rings is 2. The number of aryl methyl sites for hydroxylation is 2. The van der Waals surface area contributed by atoms with Crippen LogP contribution >= 0.6 is 0 Å². The number of unbranched alkanes of at least 4 members (excludes halogenated alkanes) is 3. The van der Waals surface area contributed by atoms with Crippen LogP contribution in [0.2, 0.25) is 0 Å². The lowest BCUT2D eigenvalue weighted by molar-refractivity contribution is -0.125. The summed E-state index contributed by atoms with van der Waals surface area (Å²) in [6.45, 7) is 13.3.